The molecule has 3 heterocycles. The van der Waals surface area contributed by atoms with Crippen molar-refractivity contribution in [3.63, 3.8) is 0 Å². The van der Waals surface area contributed by atoms with E-state index in [2.05, 4.69) is 39.3 Å². The minimum absolute atomic E-state index is 0.175. The van der Waals surface area contributed by atoms with Gasteiger partial charge >= 0.3 is 0 Å². The van der Waals surface area contributed by atoms with E-state index in [-0.39, 0.29) is 5.54 Å². The fraction of sp³-hybridized carbons (Fsp3) is 0.545. The highest BCUT2D eigenvalue weighted by atomic mass is 35.5. The first-order valence-electron chi connectivity index (χ1n) is 10.4. The summed E-state index contributed by atoms with van der Waals surface area (Å²) in [4.78, 5) is 11.6. The normalized spacial score (nSPS) is 23.0. The smallest absolute Gasteiger partial charge is 0.229 e. The lowest BCUT2D eigenvalue weighted by Gasteiger charge is -2.47. The van der Waals surface area contributed by atoms with Gasteiger partial charge < -0.3 is 20.1 Å². The molecule has 2 aliphatic heterocycles. The number of anilines is 3. The summed E-state index contributed by atoms with van der Waals surface area (Å²) < 4.78 is 10.7. The zero-order valence-corrected chi connectivity index (χ0v) is 18.8. The van der Waals surface area contributed by atoms with Crippen molar-refractivity contribution in [3.05, 3.63) is 29.4 Å². The number of nitrogens with zero attached hydrogens (tertiary/aromatic N) is 3. The Morgan fingerprint density at radius 2 is 1.90 bits per heavy atom. The molecule has 0 radical (unpaired) electrons. The van der Waals surface area contributed by atoms with E-state index in [1.165, 1.54) is 19.4 Å². The van der Waals surface area contributed by atoms with Gasteiger partial charge in [0.25, 0.3) is 0 Å². The van der Waals surface area contributed by atoms with Crippen LogP contribution in [0.25, 0.3) is 0 Å². The van der Waals surface area contributed by atoms with Crippen LogP contribution in [0.1, 0.15) is 39.5 Å². The first-order chi connectivity index (χ1) is 14.4. The van der Waals surface area contributed by atoms with Crippen LogP contribution >= 0.6 is 11.6 Å². The van der Waals surface area contributed by atoms with Crippen LogP contribution in [-0.2, 0) is 0 Å². The lowest BCUT2D eigenvalue weighted by molar-refractivity contribution is 0.0501. The molecule has 8 heteroatoms. The Morgan fingerprint density at radius 3 is 2.60 bits per heavy atom. The number of ether oxygens (including phenoxy) is 2. The SMILES string of the molecule is COc1cc(Nc2ncc(Cl)c(N[C@@H]3C[C@@H]4CCCN4C(C)(C)C3)n2)cc(OC)c1. The van der Waals surface area contributed by atoms with E-state index in [1.807, 2.05) is 18.2 Å². The van der Waals surface area contributed by atoms with Crippen LogP contribution < -0.4 is 20.1 Å². The molecule has 0 aliphatic carbocycles. The Kier molecular flexibility index (Phi) is 5.93. The first kappa shape index (κ1) is 21.0. The maximum absolute atomic E-state index is 6.43. The number of nitrogens with one attached hydrogen (secondary N) is 2. The number of halogens is 1. The summed E-state index contributed by atoms with van der Waals surface area (Å²) in [5.74, 6) is 2.51. The molecular weight excluding hydrogens is 402 g/mol. The Hall–Kier alpha value is -2.25. The average molecular weight is 432 g/mol. The van der Waals surface area contributed by atoms with E-state index in [1.54, 1.807) is 20.4 Å². The second kappa shape index (κ2) is 8.47. The van der Waals surface area contributed by atoms with Gasteiger partial charge in [-0.25, -0.2) is 4.98 Å². The number of hydrogen-bond acceptors (Lipinski definition) is 7. The molecule has 0 spiro atoms. The highest BCUT2D eigenvalue weighted by molar-refractivity contribution is 6.32. The maximum Gasteiger partial charge on any atom is 0.229 e. The van der Waals surface area contributed by atoms with Gasteiger partial charge in [-0.2, -0.15) is 4.98 Å². The Labute approximate surface area is 183 Å². The molecular formula is C22H30ClN5O2. The van der Waals surface area contributed by atoms with Crippen LogP contribution in [0.3, 0.4) is 0 Å². The molecule has 0 saturated carbocycles. The third-order valence-electron chi connectivity index (χ3n) is 6.15. The standard InChI is InChI=1S/C22H30ClN5O2/c1-22(2)12-15(8-16-6-5-7-28(16)22)25-20-19(23)13-24-21(27-20)26-14-9-17(29-3)11-18(10-14)30-4/h9-11,13,15-16H,5-8,12H2,1-4H3,(H2,24,25,26,27)/t15-,16+/m1/s1. The zero-order valence-electron chi connectivity index (χ0n) is 18.0. The number of piperidine rings is 1. The van der Waals surface area contributed by atoms with Gasteiger partial charge in [0.2, 0.25) is 5.95 Å². The summed E-state index contributed by atoms with van der Waals surface area (Å²) in [6.07, 6.45) is 6.35. The Bertz CT molecular complexity index is 885. The molecule has 2 atom stereocenters. The molecule has 1 aromatic heterocycles. The second-order valence-corrected chi connectivity index (χ2v) is 9.11. The summed E-state index contributed by atoms with van der Waals surface area (Å²) in [5, 5.41) is 7.34. The van der Waals surface area contributed by atoms with E-state index >= 15 is 0 Å². The third-order valence-corrected chi connectivity index (χ3v) is 6.43. The van der Waals surface area contributed by atoms with Crippen LogP contribution in [0, 0.1) is 0 Å². The average Bonchev–Trinajstić information content (AvgIpc) is 3.19. The molecule has 7 nitrogen and oxygen atoms in total. The highest BCUT2D eigenvalue weighted by Crippen LogP contribution is 2.39. The fourth-order valence-electron chi connectivity index (χ4n) is 4.85. The van der Waals surface area contributed by atoms with Crippen LogP contribution in [-0.4, -0.2) is 53.3 Å². The highest BCUT2D eigenvalue weighted by Gasteiger charge is 2.42. The number of rotatable bonds is 6. The van der Waals surface area contributed by atoms with Gasteiger partial charge in [0.05, 0.1) is 20.4 Å². The molecule has 162 valence electrons. The molecule has 30 heavy (non-hydrogen) atoms. The summed E-state index contributed by atoms with van der Waals surface area (Å²) in [7, 11) is 3.24. The number of fused-ring (bicyclic) bond motifs is 1. The Balaban J connectivity index is 1.51. The van der Waals surface area contributed by atoms with Crippen molar-refractivity contribution in [1.82, 2.24) is 14.9 Å². The summed E-state index contributed by atoms with van der Waals surface area (Å²) >= 11 is 6.43. The van der Waals surface area contributed by atoms with Crippen molar-refractivity contribution < 1.29 is 9.47 Å². The molecule has 0 bridgehead atoms. The molecule has 0 unspecified atom stereocenters. The molecule has 2 aromatic rings. The van der Waals surface area contributed by atoms with Crippen molar-refractivity contribution in [2.24, 2.45) is 0 Å². The minimum Gasteiger partial charge on any atom is -0.497 e. The van der Waals surface area contributed by atoms with Crippen molar-refractivity contribution >= 4 is 29.1 Å². The maximum atomic E-state index is 6.43. The van der Waals surface area contributed by atoms with E-state index in [0.29, 0.717) is 40.4 Å². The van der Waals surface area contributed by atoms with Crippen LogP contribution in [0.5, 0.6) is 11.5 Å². The quantitative estimate of drug-likeness (QED) is 0.686. The van der Waals surface area contributed by atoms with Gasteiger partial charge in [0.1, 0.15) is 16.5 Å². The molecule has 2 aliphatic rings. The van der Waals surface area contributed by atoms with E-state index in [4.69, 9.17) is 21.1 Å². The molecule has 2 saturated heterocycles. The largest absolute Gasteiger partial charge is 0.497 e. The van der Waals surface area contributed by atoms with Gasteiger partial charge in [-0.3, -0.25) is 4.90 Å². The molecule has 2 fully saturated rings. The zero-order chi connectivity index (χ0) is 21.3. The topological polar surface area (TPSA) is 71.5 Å². The molecule has 1 aromatic carbocycles. The van der Waals surface area contributed by atoms with Crippen molar-refractivity contribution in [3.8, 4) is 11.5 Å². The Morgan fingerprint density at radius 1 is 1.17 bits per heavy atom. The molecule has 4 rings (SSSR count). The van der Waals surface area contributed by atoms with Crippen LogP contribution in [0.4, 0.5) is 17.5 Å². The lowest BCUT2D eigenvalue weighted by Crippen LogP contribution is -2.55. The number of aromatic nitrogens is 2. The summed E-state index contributed by atoms with van der Waals surface area (Å²) in [5.41, 5.74) is 0.953. The van der Waals surface area contributed by atoms with Gasteiger partial charge in [-0.1, -0.05) is 11.6 Å². The van der Waals surface area contributed by atoms with Gasteiger partial charge in [-0.05, 0) is 46.1 Å². The fourth-order valence-corrected chi connectivity index (χ4v) is 5.00. The van der Waals surface area contributed by atoms with E-state index in [9.17, 15) is 0 Å². The number of hydrogen-bond donors (Lipinski definition) is 2. The monoisotopic (exact) mass is 431 g/mol. The van der Waals surface area contributed by atoms with Crippen molar-refractivity contribution in [2.75, 3.05) is 31.4 Å². The molecule has 0 amide bonds. The van der Waals surface area contributed by atoms with Gasteiger partial charge in [0.15, 0.2) is 5.82 Å². The number of benzene rings is 1. The van der Waals surface area contributed by atoms with E-state index < -0.39 is 0 Å². The van der Waals surface area contributed by atoms with Gasteiger partial charge in [0, 0.05) is 41.5 Å². The van der Waals surface area contributed by atoms with E-state index in [0.717, 1.165) is 18.5 Å². The summed E-state index contributed by atoms with van der Waals surface area (Å²) in [6.45, 7) is 5.88. The summed E-state index contributed by atoms with van der Waals surface area (Å²) in [6, 6.07) is 6.51. The van der Waals surface area contributed by atoms with Crippen molar-refractivity contribution in [1.29, 1.82) is 0 Å². The third kappa shape index (κ3) is 4.42. The first-order valence-corrected chi connectivity index (χ1v) is 10.8. The molecule has 2 N–H and O–H groups in total. The number of methoxy groups -OCH3 is 2. The van der Waals surface area contributed by atoms with Crippen LogP contribution in [0.2, 0.25) is 5.02 Å². The van der Waals surface area contributed by atoms with Crippen molar-refractivity contribution in [2.45, 2.75) is 57.2 Å². The second-order valence-electron chi connectivity index (χ2n) is 8.70. The minimum atomic E-state index is 0.175. The lowest BCUT2D eigenvalue weighted by atomic mass is 9.84. The predicted molar refractivity (Wildman–Crippen MR) is 120 cm³/mol. The van der Waals surface area contributed by atoms with Gasteiger partial charge in [-0.15, -0.1) is 0 Å². The predicted octanol–water partition coefficient (Wildman–Crippen LogP) is 4.71. The van der Waals surface area contributed by atoms with Crippen LogP contribution in [0.15, 0.2) is 24.4 Å².